The molecule has 314 valence electrons. The Kier molecular flexibility index (Phi) is 16.9. The first-order valence-corrected chi connectivity index (χ1v) is 20.7. The number of hydrogen-bond donors (Lipinski definition) is 8. The van der Waals surface area contributed by atoms with E-state index in [1.54, 1.807) is 42.5 Å². The number of phenolic OH excluding ortho intramolecular Hbond substituents is 1. The Balaban J connectivity index is 1.75. The second-order valence-corrected chi connectivity index (χ2v) is 15.9. The molecule has 0 spiro atoms. The van der Waals surface area contributed by atoms with Crippen LogP contribution in [0.2, 0.25) is 0 Å². The highest BCUT2D eigenvalue weighted by atomic mass is 32.2. The van der Waals surface area contributed by atoms with Crippen LogP contribution in [0.4, 0.5) is 0 Å². The number of primary amides is 1. The summed E-state index contributed by atoms with van der Waals surface area (Å²) in [5, 5.41) is 25.8. The summed E-state index contributed by atoms with van der Waals surface area (Å²) in [5.41, 5.74) is 6.59. The van der Waals surface area contributed by atoms with Gasteiger partial charge in [0.05, 0.1) is 6.54 Å². The van der Waals surface area contributed by atoms with E-state index in [9.17, 15) is 43.5 Å². The van der Waals surface area contributed by atoms with Crippen LogP contribution < -0.4 is 37.6 Å². The molecular weight excluding hydrogens is 769 g/mol. The molecule has 2 fully saturated rings. The van der Waals surface area contributed by atoms with Gasteiger partial charge in [0.25, 0.3) is 0 Å². The largest absolute Gasteiger partial charge is 0.508 e. The lowest BCUT2D eigenvalue weighted by Crippen LogP contribution is -2.59. The van der Waals surface area contributed by atoms with Crippen LogP contribution in [0, 0.1) is 5.92 Å². The number of amides is 8. The number of fused-ring (bicyclic) bond motifs is 2. The zero-order valence-corrected chi connectivity index (χ0v) is 33.8. The SMILES string of the molecule is CSCC[C@@H]1NC(=O)[C@H](CC(C)C)N2CC[C@@H](NC(=O)[C@H](Cc3ccccc3)NC(=O)[C@H](Cc3ccc(O)cc3)NC(=O)[C@H](CCC(N)=O)NC(=O)CNC1=O)C2=O. The summed E-state index contributed by atoms with van der Waals surface area (Å²) >= 11 is 1.44. The molecule has 2 aliphatic heterocycles. The Morgan fingerprint density at radius 2 is 1.33 bits per heavy atom. The normalized spacial score (nSPS) is 24.1. The van der Waals surface area contributed by atoms with Crippen molar-refractivity contribution >= 4 is 59.0 Å². The highest BCUT2D eigenvalue weighted by Crippen LogP contribution is 2.21. The van der Waals surface area contributed by atoms with Crippen molar-refractivity contribution in [3.8, 4) is 5.75 Å². The van der Waals surface area contributed by atoms with Gasteiger partial charge in [-0.1, -0.05) is 56.3 Å². The van der Waals surface area contributed by atoms with Crippen molar-refractivity contribution in [2.24, 2.45) is 11.7 Å². The average molecular weight is 823 g/mol. The zero-order chi connectivity index (χ0) is 42.4. The first kappa shape index (κ1) is 45.1. The van der Waals surface area contributed by atoms with Crippen LogP contribution in [0.5, 0.6) is 5.75 Å². The second kappa shape index (κ2) is 21.8. The molecule has 6 atom stereocenters. The van der Waals surface area contributed by atoms with Crippen molar-refractivity contribution in [3.05, 3.63) is 65.7 Å². The quantitative estimate of drug-likeness (QED) is 0.135. The average Bonchev–Trinajstić information content (AvgIpc) is 3.54. The van der Waals surface area contributed by atoms with E-state index in [1.165, 1.54) is 28.8 Å². The van der Waals surface area contributed by atoms with Gasteiger partial charge in [0.15, 0.2) is 0 Å². The van der Waals surface area contributed by atoms with Crippen molar-refractivity contribution in [3.63, 3.8) is 0 Å². The number of carbonyl (C=O) groups is 8. The van der Waals surface area contributed by atoms with Gasteiger partial charge in [-0.25, -0.2) is 0 Å². The van der Waals surface area contributed by atoms with Crippen LogP contribution in [0.3, 0.4) is 0 Å². The maximum Gasteiger partial charge on any atom is 0.245 e. The maximum absolute atomic E-state index is 14.2. The molecule has 0 aromatic heterocycles. The third kappa shape index (κ3) is 13.5. The first-order valence-electron chi connectivity index (χ1n) is 19.3. The van der Waals surface area contributed by atoms with Crippen LogP contribution in [-0.4, -0.2) is 119 Å². The summed E-state index contributed by atoms with van der Waals surface area (Å²) in [6.45, 7) is 3.33. The molecule has 0 unspecified atom stereocenters. The summed E-state index contributed by atoms with van der Waals surface area (Å²) in [6.07, 6.45) is 1.82. The second-order valence-electron chi connectivity index (χ2n) is 14.9. The van der Waals surface area contributed by atoms with E-state index in [1.807, 2.05) is 20.1 Å². The van der Waals surface area contributed by atoms with Gasteiger partial charge < -0.3 is 47.6 Å². The van der Waals surface area contributed by atoms with Gasteiger partial charge in [-0.2, -0.15) is 11.8 Å². The van der Waals surface area contributed by atoms with E-state index < -0.39 is 90.1 Å². The Labute approximate surface area is 341 Å². The fourth-order valence-electron chi connectivity index (χ4n) is 6.78. The van der Waals surface area contributed by atoms with Gasteiger partial charge in [0, 0.05) is 25.8 Å². The minimum absolute atomic E-state index is 0.0110. The number of nitrogens with one attached hydrogen (secondary N) is 6. The van der Waals surface area contributed by atoms with E-state index in [0.717, 1.165) is 0 Å². The van der Waals surface area contributed by atoms with Gasteiger partial charge in [-0.3, -0.25) is 38.4 Å². The summed E-state index contributed by atoms with van der Waals surface area (Å²) in [4.78, 5) is 110. The summed E-state index contributed by atoms with van der Waals surface area (Å²) in [6, 6.07) is 7.73. The number of rotatable bonds is 12. The number of phenols is 1. The highest BCUT2D eigenvalue weighted by molar-refractivity contribution is 7.98. The van der Waals surface area contributed by atoms with E-state index >= 15 is 0 Å². The lowest BCUT2D eigenvalue weighted by atomic mass is 10.0. The smallest absolute Gasteiger partial charge is 0.245 e. The number of carbonyl (C=O) groups excluding carboxylic acids is 8. The molecule has 58 heavy (non-hydrogen) atoms. The molecule has 0 saturated carbocycles. The fraction of sp³-hybridized carbons (Fsp3) is 0.500. The standard InChI is InChI=1S/C40H54N8O9S/c1-23(2)19-32-39(56)44-28(16-18-58-3)35(52)42-22-34(51)43-27(13-14-33(41)50)36(53)46-31(21-25-9-11-26(49)12-10-25)38(55)47-30(20-24-7-5-4-6-8-24)37(54)45-29-15-17-48(32)40(29)57/h4-12,23,27-32,49H,13-22H2,1-3H3,(H2,41,50)(H,42,52)(H,43,51)(H,44,56)(H,45,54)(H,46,53)(H,47,55)/t27-,28-,29+,30-,31-,32-/m0/s1. The molecule has 2 heterocycles. The summed E-state index contributed by atoms with van der Waals surface area (Å²) in [5.74, 6) is -5.18. The number of nitrogens with two attached hydrogens (primary N) is 1. The highest BCUT2D eigenvalue weighted by Gasteiger charge is 2.42. The first-order chi connectivity index (χ1) is 27.6. The van der Waals surface area contributed by atoms with Crippen LogP contribution in [0.25, 0.3) is 0 Å². The Bertz CT molecular complexity index is 1800. The van der Waals surface area contributed by atoms with Gasteiger partial charge >= 0.3 is 0 Å². The zero-order valence-electron chi connectivity index (χ0n) is 33.0. The minimum atomic E-state index is -1.39. The van der Waals surface area contributed by atoms with Crippen LogP contribution in [-0.2, 0) is 51.2 Å². The molecule has 4 rings (SSSR count). The topological polar surface area (TPSA) is 258 Å². The number of nitrogens with zero attached hydrogens (tertiary/aromatic N) is 1. The molecule has 9 N–H and O–H groups in total. The Morgan fingerprint density at radius 3 is 1.93 bits per heavy atom. The van der Waals surface area contributed by atoms with Crippen LogP contribution in [0.15, 0.2) is 54.6 Å². The van der Waals surface area contributed by atoms with Gasteiger partial charge in [0.2, 0.25) is 47.3 Å². The van der Waals surface area contributed by atoms with Crippen molar-refractivity contribution in [1.82, 2.24) is 36.8 Å². The van der Waals surface area contributed by atoms with E-state index in [-0.39, 0.29) is 63.2 Å². The maximum atomic E-state index is 14.2. The Hall–Kier alpha value is -5.65. The predicted octanol–water partition coefficient (Wildman–Crippen LogP) is -0.603. The molecule has 2 aliphatic rings. The van der Waals surface area contributed by atoms with Crippen molar-refractivity contribution in [2.45, 2.75) is 95.0 Å². The fourth-order valence-corrected chi connectivity index (χ4v) is 7.26. The van der Waals surface area contributed by atoms with Crippen molar-refractivity contribution in [1.29, 1.82) is 0 Å². The number of thioether (sulfide) groups is 1. The van der Waals surface area contributed by atoms with Crippen molar-refractivity contribution in [2.75, 3.05) is 25.1 Å². The lowest BCUT2D eigenvalue weighted by molar-refractivity contribution is -0.141. The third-order valence-electron chi connectivity index (χ3n) is 9.85. The van der Waals surface area contributed by atoms with Crippen LogP contribution >= 0.6 is 11.8 Å². The van der Waals surface area contributed by atoms with E-state index in [4.69, 9.17) is 5.73 Å². The molecule has 18 heteroatoms. The molecule has 17 nitrogen and oxygen atoms in total. The third-order valence-corrected chi connectivity index (χ3v) is 10.5. The predicted molar refractivity (Wildman–Crippen MR) is 216 cm³/mol. The number of aromatic hydroxyl groups is 1. The van der Waals surface area contributed by atoms with Gasteiger partial charge in [-0.05, 0) is 66.9 Å². The molecule has 8 amide bonds. The number of hydrogen-bond acceptors (Lipinski definition) is 10. The van der Waals surface area contributed by atoms with Gasteiger partial charge in [-0.15, -0.1) is 0 Å². The summed E-state index contributed by atoms with van der Waals surface area (Å²) in [7, 11) is 0. The molecular formula is C40H54N8O9S. The summed E-state index contributed by atoms with van der Waals surface area (Å²) < 4.78 is 0. The molecule has 2 aromatic rings. The molecule has 0 radical (unpaired) electrons. The monoisotopic (exact) mass is 822 g/mol. The molecule has 0 aliphatic carbocycles. The van der Waals surface area contributed by atoms with Crippen molar-refractivity contribution < 1.29 is 43.5 Å². The molecule has 2 bridgehead atoms. The number of benzene rings is 2. The van der Waals surface area contributed by atoms with Crippen LogP contribution in [0.1, 0.15) is 57.1 Å². The Morgan fingerprint density at radius 1 is 0.759 bits per heavy atom. The van der Waals surface area contributed by atoms with E-state index in [2.05, 4.69) is 31.9 Å². The lowest BCUT2D eigenvalue weighted by Gasteiger charge is -2.30. The van der Waals surface area contributed by atoms with Gasteiger partial charge in [0.1, 0.15) is 42.0 Å². The van der Waals surface area contributed by atoms with E-state index in [0.29, 0.717) is 16.9 Å². The molecule has 2 saturated heterocycles. The molecule has 2 aromatic carbocycles. The minimum Gasteiger partial charge on any atom is -0.508 e.